The molecule has 1 saturated heterocycles. The number of hydrogen-bond acceptors (Lipinski definition) is 4. The second-order valence-corrected chi connectivity index (χ2v) is 6.64. The molecule has 1 fully saturated rings. The number of aromatic nitrogens is 1. The van der Waals surface area contributed by atoms with Crippen LogP contribution < -0.4 is 5.32 Å². The third kappa shape index (κ3) is 3.56. The van der Waals surface area contributed by atoms with Crippen LogP contribution in [0.4, 0.5) is 0 Å². The second-order valence-electron chi connectivity index (χ2n) is 5.40. The fraction of sp³-hybridized carbons (Fsp3) is 0.800. The molecular weight excluding hydrogens is 256 g/mol. The Balaban J connectivity index is 2.15. The highest BCUT2D eigenvalue weighted by Gasteiger charge is 2.32. The molecule has 4 heteroatoms. The first-order chi connectivity index (χ1) is 9.15. The first kappa shape index (κ1) is 14.9. The first-order valence-electron chi connectivity index (χ1n) is 7.50. The van der Waals surface area contributed by atoms with E-state index in [1.165, 1.54) is 22.0 Å². The summed E-state index contributed by atoms with van der Waals surface area (Å²) in [5, 5.41) is 4.85. The van der Waals surface area contributed by atoms with Crippen LogP contribution in [0.3, 0.4) is 0 Å². The van der Waals surface area contributed by atoms with Gasteiger partial charge in [0.2, 0.25) is 0 Å². The van der Waals surface area contributed by atoms with E-state index >= 15 is 0 Å². The fourth-order valence-corrected chi connectivity index (χ4v) is 3.81. The zero-order valence-corrected chi connectivity index (χ0v) is 13.3. The minimum atomic E-state index is 0.272. The van der Waals surface area contributed by atoms with Gasteiger partial charge in [0.05, 0.1) is 23.9 Å². The van der Waals surface area contributed by atoms with Gasteiger partial charge in [-0.2, -0.15) is 0 Å². The van der Waals surface area contributed by atoms with Crippen LogP contribution in [-0.4, -0.2) is 23.7 Å². The SMILES string of the molecule is CCCNC(c1nc(CC)c(C)s1)C1CCC(C)O1. The van der Waals surface area contributed by atoms with Gasteiger partial charge >= 0.3 is 0 Å². The molecule has 19 heavy (non-hydrogen) atoms. The van der Waals surface area contributed by atoms with Crippen LogP contribution in [-0.2, 0) is 11.2 Å². The lowest BCUT2D eigenvalue weighted by molar-refractivity contribution is 0.0315. The fourth-order valence-electron chi connectivity index (χ4n) is 2.67. The Morgan fingerprint density at radius 1 is 1.42 bits per heavy atom. The maximum absolute atomic E-state index is 6.06. The van der Waals surface area contributed by atoms with Crippen molar-refractivity contribution in [3.63, 3.8) is 0 Å². The van der Waals surface area contributed by atoms with Crippen LogP contribution in [0.2, 0.25) is 0 Å². The number of thiazole rings is 1. The lowest BCUT2D eigenvalue weighted by Crippen LogP contribution is -2.32. The van der Waals surface area contributed by atoms with Crippen LogP contribution in [0, 0.1) is 6.92 Å². The van der Waals surface area contributed by atoms with Gasteiger partial charge in [-0.25, -0.2) is 4.98 Å². The minimum absolute atomic E-state index is 0.272. The summed E-state index contributed by atoms with van der Waals surface area (Å²) in [6.45, 7) is 9.75. The van der Waals surface area contributed by atoms with E-state index < -0.39 is 0 Å². The quantitative estimate of drug-likeness (QED) is 0.865. The van der Waals surface area contributed by atoms with E-state index in [-0.39, 0.29) is 12.1 Å². The van der Waals surface area contributed by atoms with E-state index in [2.05, 4.69) is 33.0 Å². The topological polar surface area (TPSA) is 34.2 Å². The predicted octanol–water partition coefficient (Wildman–Crippen LogP) is 3.62. The number of aryl methyl sites for hydroxylation is 2. The molecule has 1 aliphatic heterocycles. The monoisotopic (exact) mass is 282 g/mol. The molecule has 2 heterocycles. The van der Waals surface area contributed by atoms with Crippen molar-refractivity contribution in [1.82, 2.24) is 10.3 Å². The van der Waals surface area contributed by atoms with Gasteiger partial charge in [-0.05, 0) is 46.1 Å². The highest BCUT2D eigenvalue weighted by molar-refractivity contribution is 7.11. The molecule has 3 atom stereocenters. The number of rotatable bonds is 6. The Morgan fingerprint density at radius 3 is 2.74 bits per heavy atom. The Hall–Kier alpha value is -0.450. The Labute approximate surface area is 120 Å². The summed E-state index contributed by atoms with van der Waals surface area (Å²) in [7, 11) is 0. The zero-order chi connectivity index (χ0) is 13.8. The zero-order valence-electron chi connectivity index (χ0n) is 12.5. The Bertz CT molecular complexity index is 405. The van der Waals surface area contributed by atoms with Crippen LogP contribution >= 0.6 is 11.3 Å². The summed E-state index contributed by atoms with van der Waals surface area (Å²) in [5.41, 5.74) is 1.24. The van der Waals surface area contributed by atoms with Gasteiger partial charge in [-0.15, -0.1) is 11.3 Å². The molecule has 2 rings (SSSR count). The van der Waals surface area contributed by atoms with Gasteiger partial charge in [0.1, 0.15) is 5.01 Å². The normalized spacial score (nSPS) is 24.8. The highest BCUT2D eigenvalue weighted by Crippen LogP contribution is 2.33. The minimum Gasteiger partial charge on any atom is -0.373 e. The smallest absolute Gasteiger partial charge is 0.113 e. The summed E-state index contributed by atoms with van der Waals surface area (Å²) < 4.78 is 6.06. The molecule has 1 aliphatic rings. The van der Waals surface area contributed by atoms with Crippen LogP contribution in [0.5, 0.6) is 0 Å². The van der Waals surface area contributed by atoms with E-state index in [0.717, 1.165) is 25.8 Å². The van der Waals surface area contributed by atoms with Crippen molar-refractivity contribution in [3.05, 3.63) is 15.6 Å². The van der Waals surface area contributed by atoms with E-state index in [4.69, 9.17) is 9.72 Å². The maximum atomic E-state index is 6.06. The highest BCUT2D eigenvalue weighted by atomic mass is 32.1. The number of ether oxygens (including phenoxy) is 1. The van der Waals surface area contributed by atoms with Crippen molar-refractivity contribution in [2.24, 2.45) is 0 Å². The van der Waals surface area contributed by atoms with E-state index in [1.807, 2.05) is 11.3 Å². The number of nitrogens with one attached hydrogen (secondary N) is 1. The summed E-state index contributed by atoms with van der Waals surface area (Å²) in [4.78, 5) is 6.18. The van der Waals surface area contributed by atoms with Gasteiger partial charge in [-0.3, -0.25) is 0 Å². The van der Waals surface area contributed by atoms with Gasteiger partial charge in [0, 0.05) is 4.88 Å². The molecule has 0 saturated carbocycles. The van der Waals surface area contributed by atoms with Crippen molar-refractivity contribution in [2.75, 3.05) is 6.54 Å². The average Bonchev–Trinajstić information content (AvgIpc) is 2.97. The molecule has 0 amide bonds. The summed E-state index contributed by atoms with van der Waals surface area (Å²) >= 11 is 1.83. The average molecular weight is 282 g/mol. The molecule has 1 N–H and O–H groups in total. The van der Waals surface area contributed by atoms with Gasteiger partial charge in [0.25, 0.3) is 0 Å². The second kappa shape index (κ2) is 6.82. The molecule has 0 spiro atoms. The summed E-state index contributed by atoms with van der Waals surface area (Å²) in [6.07, 6.45) is 5.15. The van der Waals surface area contributed by atoms with E-state index in [0.29, 0.717) is 6.10 Å². The maximum Gasteiger partial charge on any atom is 0.113 e. The van der Waals surface area contributed by atoms with Gasteiger partial charge < -0.3 is 10.1 Å². The van der Waals surface area contributed by atoms with Gasteiger partial charge in [0.15, 0.2) is 0 Å². The molecule has 3 unspecified atom stereocenters. The third-order valence-corrected chi connectivity index (χ3v) is 4.86. The van der Waals surface area contributed by atoms with Crippen LogP contribution in [0.15, 0.2) is 0 Å². The van der Waals surface area contributed by atoms with Crippen molar-refractivity contribution >= 4 is 11.3 Å². The van der Waals surface area contributed by atoms with Crippen molar-refractivity contribution in [2.45, 2.75) is 71.6 Å². The Morgan fingerprint density at radius 2 is 2.21 bits per heavy atom. The van der Waals surface area contributed by atoms with Crippen molar-refractivity contribution in [1.29, 1.82) is 0 Å². The third-order valence-electron chi connectivity index (χ3n) is 3.76. The van der Waals surface area contributed by atoms with Crippen LogP contribution in [0.25, 0.3) is 0 Å². The van der Waals surface area contributed by atoms with Crippen LogP contribution in [0.1, 0.15) is 61.7 Å². The summed E-state index contributed by atoms with van der Waals surface area (Å²) in [6, 6.07) is 0.272. The molecule has 1 aromatic rings. The molecule has 0 bridgehead atoms. The lowest BCUT2D eigenvalue weighted by atomic mass is 10.1. The molecule has 0 radical (unpaired) electrons. The molecule has 3 nitrogen and oxygen atoms in total. The van der Waals surface area contributed by atoms with Crippen molar-refractivity contribution < 1.29 is 4.74 Å². The summed E-state index contributed by atoms with van der Waals surface area (Å²) in [5.74, 6) is 0. The van der Waals surface area contributed by atoms with Gasteiger partial charge in [-0.1, -0.05) is 13.8 Å². The predicted molar refractivity (Wildman–Crippen MR) is 80.8 cm³/mol. The van der Waals surface area contributed by atoms with E-state index in [1.54, 1.807) is 0 Å². The standard InChI is InChI=1S/C15H26N2OS/c1-5-9-16-14(13-8-7-10(3)18-13)15-17-12(6-2)11(4)19-15/h10,13-14,16H,5-9H2,1-4H3. The molecule has 1 aromatic heterocycles. The molecular formula is C15H26N2OS. The number of hydrogen-bond donors (Lipinski definition) is 1. The van der Waals surface area contributed by atoms with Crippen molar-refractivity contribution in [3.8, 4) is 0 Å². The molecule has 0 aromatic carbocycles. The van der Waals surface area contributed by atoms with E-state index in [9.17, 15) is 0 Å². The molecule has 108 valence electrons. The Kier molecular flexibility index (Phi) is 5.37. The largest absolute Gasteiger partial charge is 0.373 e. The molecule has 0 aliphatic carbocycles. The number of nitrogens with zero attached hydrogens (tertiary/aromatic N) is 1. The first-order valence-corrected chi connectivity index (χ1v) is 8.32. The lowest BCUT2D eigenvalue weighted by Gasteiger charge is -2.23.